The van der Waals surface area contributed by atoms with E-state index in [1.54, 1.807) is 0 Å². The number of rotatable bonds is 4. The molecule has 0 aliphatic rings. The molecule has 0 aliphatic carbocycles. The summed E-state index contributed by atoms with van der Waals surface area (Å²) >= 11 is 5.92. The van der Waals surface area contributed by atoms with Gasteiger partial charge in [-0.25, -0.2) is 4.98 Å². The Hall–Kier alpha value is -2.50. The number of pyridine rings is 2. The highest BCUT2D eigenvalue weighted by Gasteiger charge is 2.25. The van der Waals surface area contributed by atoms with Gasteiger partial charge >= 0.3 is 11.2 Å². The molecule has 2 rings (SSSR count). The van der Waals surface area contributed by atoms with Crippen LogP contribution in [0.1, 0.15) is 5.69 Å². The summed E-state index contributed by atoms with van der Waals surface area (Å²) < 4.78 is 6.05. The van der Waals surface area contributed by atoms with Crippen molar-refractivity contribution in [2.75, 3.05) is 13.7 Å². The lowest BCUT2D eigenvalue weighted by molar-refractivity contribution is -0.386. The van der Waals surface area contributed by atoms with Gasteiger partial charge in [-0.1, -0.05) is 11.6 Å². The van der Waals surface area contributed by atoms with Crippen molar-refractivity contribution in [2.45, 2.75) is 6.54 Å². The van der Waals surface area contributed by atoms with Gasteiger partial charge in [-0.05, 0) is 12.1 Å². The first kappa shape index (κ1) is 14.9. The highest BCUT2D eigenvalue weighted by atomic mass is 35.5. The Labute approximate surface area is 123 Å². The largest absolute Gasteiger partial charge is 0.383 e. The average molecular weight is 309 g/mol. The molecule has 2 heterocycles. The Morgan fingerprint density at radius 3 is 2.86 bits per heavy atom. The SMILES string of the molecule is COCCn1c(=O)c([N+](=O)[O-])c(Cl)c2nc(C#N)ccc21. The van der Waals surface area contributed by atoms with Crippen LogP contribution in [0.25, 0.3) is 11.0 Å². The normalized spacial score (nSPS) is 10.5. The van der Waals surface area contributed by atoms with Gasteiger partial charge in [-0.3, -0.25) is 19.5 Å². The van der Waals surface area contributed by atoms with Gasteiger partial charge in [0.15, 0.2) is 5.02 Å². The molecule has 0 amide bonds. The molecule has 0 fully saturated rings. The van der Waals surface area contributed by atoms with Crippen molar-refractivity contribution in [1.29, 1.82) is 5.26 Å². The molecular formula is C12H9ClN4O4. The molecule has 2 aromatic heterocycles. The summed E-state index contributed by atoms with van der Waals surface area (Å²) in [6.07, 6.45) is 0. The fraction of sp³-hybridized carbons (Fsp3) is 0.250. The van der Waals surface area contributed by atoms with Crippen LogP contribution in [0.3, 0.4) is 0 Å². The van der Waals surface area contributed by atoms with Crippen molar-refractivity contribution in [1.82, 2.24) is 9.55 Å². The Balaban J connectivity index is 2.90. The van der Waals surface area contributed by atoms with Gasteiger partial charge in [-0.15, -0.1) is 0 Å². The first-order valence-electron chi connectivity index (χ1n) is 5.77. The molecule has 9 heteroatoms. The number of nitro groups is 1. The van der Waals surface area contributed by atoms with E-state index in [0.29, 0.717) is 5.52 Å². The van der Waals surface area contributed by atoms with Gasteiger partial charge in [-0.2, -0.15) is 5.26 Å². The summed E-state index contributed by atoms with van der Waals surface area (Å²) in [5.74, 6) is 0. The van der Waals surface area contributed by atoms with E-state index >= 15 is 0 Å². The van der Waals surface area contributed by atoms with E-state index in [-0.39, 0.29) is 29.4 Å². The monoisotopic (exact) mass is 308 g/mol. The molecule has 8 nitrogen and oxygen atoms in total. The number of methoxy groups -OCH3 is 1. The fourth-order valence-electron chi connectivity index (χ4n) is 1.90. The quantitative estimate of drug-likeness (QED) is 0.624. The molecule has 0 saturated heterocycles. The molecule has 0 atom stereocenters. The van der Waals surface area contributed by atoms with Crippen molar-refractivity contribution in [2.24, 2.45) is 0 Å². The number of fused-ring (bicyclic) bond motifs is 1. The maximum atomic E-state index is 12.2. The van der Waals surface area contributed by atoms with Crippen molar-refractivity contribution < 1.29 is 9.66 Å². The van der Waals surface area contributed by atoms with E-state index < -0.39 is 16.2 Å². The maximum Gasteiger partial charge on any atom is 0.354 e. The number of ether oxygens (including phenoxy) is 1. The highest BCUT2D eigenvalue weighted by molar-refractivity contribution is 6.36. The zero-order chi connectivity index (χ0) is 15.6. The van der Waals surface area contributed by atoms with Crippen molar-refractivity contribution in [3.63, 3.8) is 0 Å². The minimum atomic E-state index is -0.853. The van der Waals surface area contributed by atoms with E-state index in [9.17, 15) is 14.9 Å². The van der Waals surface area contributed by atoms with Crippen molar-refractivity contribution in [3.8, 4) is 6.07 Å². The topological polar surface area (TPSA) is 111 Å². The van der Waals surface area contributed by atoms with Gasteiger partial charge in [0.1, 0.15) is 17.3 Å². The third-order valence-electron chi connectivity index (χ3n) is 2.84. The fourth-order valence-corrected chi connectivity index (χ4v) is 2.19. The molecule has 21 heavy (non-hydrogen) atoms. The standard InChI is InChI=1S/C12H9ClN4O4/c1-21-5-4-16-8-3-2-7(6-14)15-10(8)9(13)11(12(16)18)17(19)20/h2-3H,4-5H2,1H3. The summed E-state index contributed by atoms with van der Waals surface area (Å²) in [6, 6.07) is 4.71. The Kier molecular flexibility index (Phi) is 4.16. The number of hydrogen-bond donors (Lipinski definition) is 0. The van der Waals surface area contributed by atoms with E-state index in [1.807, 2.05) is 6.07 Å². The molecule has 0 bridgehead atoms. The molecule has 0 aliphatic heterocycles. The first-order valence-corrected chi connectivity index (χ1v) is 6.15. The lowest BCUT2D eigenvalue weighted by Crippen LogP contribution is -2.25. The number of aromatic nitrogens is 2. The second kappa shape index (κ2) is 5.87. The molecule has 2 aromatic rings. The number of halogens is 1. The number of nitriles is 1. The lowest BCUT2D eigenvalue weighted by atomic mass is 10.2. The van der Waals surface area contributed by atoms with Gasteiger partial charge in [0.25, 0.3) is 0 Å². The smallest absolute Gasteiger partial charge is 0.354 e. The second-order valence-corrected chi connectivity index (χ2v) is 4.42. The summed E-state index contributed by atoms with van der Waals surface area (Å²) in [5, 5.41) is 19.5. The second-order valence-electron chi connectivity index (χ2n) is 4.05. The van der Waals surface area contributed by atoms with Crippen LogP contribution in [0.15, 0.2) is 16.9 Å². The summed E-state index contributed by atoms with van der Waals surface area (Å²) in [4.78, 5) is 26.3. The molecule has 108 valence electrons. The van der Waals surface area contributed by atoms with Crippen LogP contribution in [0.5, 0.6) is 0 Å². The van der Waals surface area contributed by atoms with Gasteiger partial charge in [0.05, 0.1) is 17.0 Å². The van der Waals surface area contributed by atoms with Crippen LogP contribution in [0.4, 0.5) is 5.69 Å². The third kappa shape index (κ3) is 2.56. The maximum absolute atomic E-state index is 12.2. The van der Waals surface area contributed by atoms with E-state index in [1.165, 1.54) is 19.2 Å². The van der Waals surface area contributed by atoms with Crippen LogP contribution >= 0.6 is 11.6 Å². The average Bonchev–Trinajstić information content (AvgIpc) is 2.46. The molecule has 0 N–H and O–H groups in total. The summed E-state index contributed by atoms with van der Waals surface area (Å²) in [5.41, 5.74) is -1.19. The molecule has 0 radical (unpaired) electrons. The summed E-state index contributed by atoms with van der Waals surface area (Å²) in [7, 11) is 1.45. The minimum Gasteiger partial charge on any atom is -0.383 e. The zero-order valence-electron chi connectivity index (χ0n) is 10.9. The zero-order valence-corrected chi connectivity index (χ0v) is 11.6. The molecule has 0 unspecified atom stereocenters. The first-order chi connectivity index (χ1) is 10.0. The predicted octanol–water partition coefficient (Wildman–Crippen LogP) is 1.48. The number of nitrogens with zero attached hydrogens (tertiary/aromatic N) is 4. The number of hydrogen-bond acceptors (Lipinski definition) is 6. The van der Waals surface area contributed by atoms with Crippen LogP contribution < -0.4 is 5.56 Å². The molecule has 0 aromatic carbocycles. The molecular weight excluding hydrogens is 300 g/mol. The highest BCUT2D eigenvalue weighted by Crippen LogP contribution is 2.28. The minimum absolute atomic E-state index is 0.0399. The van der Waals surface area contributed by atoms with Gasteiger partial charge in [0, 0.05) is 13.7 Å². The Morgan fingerprint density at radius 1 is 1.57 bits per heavy atom. The van der Waals surface area contributed by atoms with Crippen LogP contribution in [-0.2, 0) is 11.3 Å². The lowest BCUT2D eigenvalue weighted by Gasteiger charge is -2.10. The Morgan fingerprint density at radius 2 is 2.29 bits per heavy atom. The summed E-state index contributed by atoms with van der Waals surface area (Å²) in [6.45, 7) is 0.297. The van der Waals surface area contributed by atoms with Crippen LogP contribution in [0, 0.1) is 21.4 Å². The van der Waals surface area contributed by atoms with Crippen LogP contribution in [-0.4, -0.2) is 28.2 Å². The van der Waals surface area contributed by atoms with Gasteiger partial charge < -0.3 is 4.74 Å². The molecule has 0 saturated carbocycles. The van der Waals surface area contributed by atoms with Crippen molar-refractivity contribution in [3.05, 3.63) is 43.3 Å². The van der Waals surface area contributed by atoms with E-state index in [0.717, 1.165) is 4.57 Å². The predicted molar refractivity (Wildman–Crippen MR) is 74.3 cm³/mol. The third-order valence-corrected chi connectivity index (χ3v) is 3.20. The van der Waals surface area contributed by atoms with E-state index in [2.05, 4.69) is 4.98 Å². The van der Waals surface area contributed by atoms with Gasteiger partial charge in [0.2, 0.25) is 0 Å². The van der Waals surface area contributed by atoms with Crippen LogP contribution in [0.2, 0.25) is 5.02 Å². The van der Waals surface area contributed by atoms with Crippen molar-refractivity contribution >= 4 is 28.3 Å². The molecule has 0 spiro atoms. The van der Waals surface area contributed by atoms with E-state index in [4.69, 9.17) is 21.6 Å². The Bertz CT molecular complexity index is 825.